The lowest BCUT2D eigenvalue weighted by Crippen LogP contribution is -2.35. The average Bonchev–Trinajstić information content (AvgIpc) is 2.68. The van der Waals surface area contributed by atoms with Crippen LogP contribution in [0.3, 0.4) is 0 Å². The molecule has 0 unspecified atom stereocenters. The zero-order chi connectivity index (χ0) is 20.1. The first-order valence-electron chi connectivity index (χ1n) is 9.93. The minimum atomic E-state index is -3.61. The number of halogens is 1. The fourth-order valence-corrected chi connectivity index (χ4v) is 4.66. The molecule has 2 aromatic carbocycles. The number of sulfonamides is 1. The Morgan fingerprint density at radius 3 is 2.54 bits per heavy atom. The van der Waals surface area contributed by atoms with E-state index in [1.54, 1.807) is 12.1 Å². The Morgan fingerprint density at radius 2 is 1.86 bits per heavy atom. The van der Waals surface area contributed by atoms with E-state index in [0.717, 1.165) is 24.8 Å². The van der Waals surface area contributed by atoms with Crippen LogP contribution in [0.4, 0.5) is 10.1 Å². The molecule has 1 aliphatic carbocycles. The largest absolute Gasteiger partial charge is 0.314 e. The molecule has 28 heavy (non-hydrogen) atoms. The standard InChI is InChI=1S/C22H29FN2O2S/c1-16(2)17-6-10-22(11-7-17)28(26,27)25-21-9-5-18-14-20(24-13-3-12-23)8-4-19(18)15-21/h5-7,9-11,15-16,20,24-25H,3-4,8,12-14H2,1-2H3/t20-/m0/s1. The minimum Gasteiger partial charge on any atom is -0.314 e. The number of hydrogen-bond donors (Lipinski definition) is 2. The van der Waals surface area contributed by atoms with E-state index in [-0.39, 0.29) is 11.6 Å². The van der Waals surface area contributed by atoms with E-state index < -0.39 is 10.0 Å². The summed E-state index contributed by atoms with van der Waals surface area (Å²) in [7, 11) is -3.61. The highest BCUT2D eigenvalue weighted by Gasteiger charge is 2.20. The molecule has 0 aliphatic heterocycles. The van der Waals surface area contributed by atoms with E-state index in [4.69, 9.17) is 0 Å². The summed E-state index contributed by atoms with van der Waals surface area (Å²) in [5.41, 5.74) is 4.12. The number of aryl methyl sites for hydroxylation is 1. The van der Waals surface area contributed by atoms with E-state index in [1.165, 1.54) is 11.1 Å². The van der Waals surface area contributed by atoms with Crippen molar-refractivity contribution in [1.82, 2.24) is 5.32 Å². The topological polar surface area (TPSA) is 58.2 Å². The molecule has 2 N–H and O–H groups in total. The van der Waals surface area contributed by atoms with Crippen molar-refractivity contribution in [2.24, 2.45) is 0 Å². The molecule has 1 aliphatic rings. The lowest BCUT2D eigenvalue weighted by Gasteiger charge is -2.26. The van der Waals surface area contributed by atoms with Gasteiger partial charge in [-0.3, -0.25) is 9.11 Å². The van der Waals surface area contributed by atoms with Crippen LogP contribution < -0.4 is 10.0 Å². The molecular weight excluding hydrogens is 375 g/mol. The van der Waals surface area contributed by atoms with Crippen LogP contribution in [0.15, 0.2) is 47.4 Å². The summed E-state index contributed by atoms with van der Waals surface area (Å²) < 4.78 is 40.3. The van der Waals surface area contributed by atoms with Gasteiger partial charge in [-0.15, -0.1) is 0 Å². The monoisotopic (exact) mass is 404 g/mol. The van der Waals surface area contributed by atoms with Crippen molar-refractivity contribution in [3.05, 3.63) is 59.2 Å². The molecule has 0 heterocycles. The van der Waals surface area contributed by atoms with Gasteiger partial charge >= 0.3 is 0 Å². The van der Waals surface area contributed by atoms with Crippen molar-refractivity contribution in [3.63, 3.8) is 0 Å². The first kappa shape index (κ1) is 20.8. The lowest BCUT2D eigenvalue weighted by atomic mass is 9.88. The first-order valence-corrected chi connectivity index (χ1v) is 11.4. The zero-order valence-electron chi connectivity index (χ0n) is 16.5. The van der Waals surface area contributed by atoms with Crippen LogP contribution in [-0.2, 0) is 22.9 Å². The van der Waals surface area contributed by atoms with Gasteiger partial charge in [0.05, 0.1) is 11.6 Å². The van der Waals surface area contributed by atoms with Gasteiger partial charge in [-0.25, -0.2) is 8.42 Å². The Balaban J connectivity index is 1.68. The molecule has 0 spiro atoms. The molecule has 0 amide bonds. The minimum absolute atomic E-state index is 0.270. The van der Waals surface area contributed by atoms with Gasteiger partial charge in [0.25, 0.3) is 10.0 Å². The maximum atomic E-state index is 12.7. The van der Waals surface area contributed by atoms with Gasteiger partial charge in [0.15, 0.2) is 0 Å². The molecular formula is C22H29FN2O2S. The highest BCUT2D eigenvalue weighted by atomic mass is 32.2. The second-order valence-corrected chi connectivity index (χ2v) is 9.43. The van der Waals surface area contributed by atoms with Crippen molar-refractivity contribution >= 4 is 15.7 Å². The molecule has 0 saturated heterocycles. The van der Waals surface area contributed by atoms with E-state index in [9.17, 15) is 12.8 Å². The normalized spacial score (nSPS) is 16.8. The van der Waals surface area contributed by atoms with E-state index in [1.807, 2.05) is 30.3 Å². The Morgan fingerprint density at radius 1 is 1.11 bits per heavy atom. The van der Waals surface area contributed by atoms with E-state index in [2.05, 4.69) is 23.9 Å². The van der Waals surface area contributed by atoms with Crippen molar-refractivity contribution in [2.45, 2.75) is 56.4 Å². The zero-order valence-corrected chi connectivity index (χ0v) is 17.4. The van der Waals surface area contributed by atoms with Gasteiger partial charge in [-0.05, 0) is 79.1 Å². The highest BCUT2D eigenvalue weighted by molar-refractivity contribution is 7.92. The Bertz CT molecular complexity index is 895. The molecule has 1 atom stereocenters. The van der Waals surface area contributed by atoms with Gasteiger partial charge in [-0.1, -0.05) is 32.0 Å². The van der Waals surface area contributed by atoms with Crippen LogP contribution in [0, 0.1) is 0 Å². The number of alkyl halides is 1. The summed E-state index contributed by atoms with van der Waals surface area (Å²) in [6, 6.07) is 13.2. The molecule has 4 nitrogen and oxygen atoms in total. The maximum absolute atomic E-state index is 12.7. The number of rotatable bonds is 8. The quantitative estimate of drug-likeness (QED) is 0.641. The molecule has 0 fully saturated rings. The second-order valence-electron chi connectivity index (χ2n) is 7.75. The number of nitrogens with one attached hydrogen (secondary N) is 2. The SMILES string of the molecule is CC(C)c1ccc(S(=O)(=O)Nc2ccc3c(c2)CC[C@H](NCCCF)C3)cc1. The first-order chi connectivity index (χ1) is 13.4. The summed E-state index contributed by atoms with van der Waals surface area (Å²) in [6.45, 7) is 4.57. The molecule has 152 valence electrons. The third-order valence-electron chi connectivity index (χ3n) is 5.29. The number of benzene rings is 2. The number of hydrogen-bond acceptors (Lipinski definition) is 3. The summed E-state index contributed by atoms with van der Waals surface area (Å²) >= 11 is 0. The second kappa shape index (κ2) is 9.05. The van der Waals surface area contributed by atoms with Crippen LogP contribution in [0.2, 0.25) is 0 Å². The smallest absolute Gasteiger partial charge is 0.261 e. The predicted molar refractivity (Wildman–Crippen MR) is 112 cm³/mol. The van der Waals surface area contributed by atoms with Gasteiger partial charge in [0, 0.05) is 11.7 Å². The summed E-state index contributed by atoms with van der Waals surface area (Å²) in [5, 5.41) is 3.40. The molecule has 2 aromatic rings. The molecule has 0 bridgehead atoms. The van der Waals surface area contributed by atoms with Crippen LogP contribution in [0.5, 0.6) is 0 Å². The van der Waals surface area contributed by atoms with Crippen LogP contribution in [0.1, 0.15) is 49.3 Å². The molecule has 6 heteroatoms. The maximum Gasteiger partial charge on any atom is 0.261 e. The molecule has 3 rings (SSSR count). The summed E-state index contributed by atoms with van der Waals surface area (Å²) in [4.78, 5) is 0.270. The van der Waals surface area contributed by atoms with Crippen LogP contribution in [0.25, 0.3) is 0 Å². The highest BCUT2D eigenvalue weighted by Crippen LogP contribution is 2.26. The number of fused-ring (bicyclic) bond motifs is 1. The van der Waals surface area contributed by atoms with Crippen LogP contribution in [-0.4, -0.2) is 27.7 Å². The van der Waals surface area contributed by atoms with Crippen molar-refractivity contribution in [1.29, 1.82) is 0 Å². The summed E-state index contributed by atoms with van der Waals surface area (Å²) in [6.07, 6.45) is 3.31. The van der Waals surface area contributed by atoms with E-state index in [0.29, 0.717) is 30.6 Å². The summed E-state index contributed by atoms with van der Waals surface area (Å²) in [5.74, 6) is 0.362. The molecule has 0 saturated carbocycles. The third-order valence-corrected chi connectivity index (χ3v) is 6.68. The van der Waals surface area contributed by atoms with Crippen molar-refractivity contribution < 1.29 is 12.8 Å². The van der Waals surface area contributed by atoms with Crippen molar-refractivity contribution in [3.8, 4) is 0 Å². The van der Waals surface area contributed by atoms with Gasteiger partial charge in [0.1, 0.15) is 0 Å². The van der Waals surface area contributed by atoms with Crippen LogP contribution >= 0.6 is 0 Å². The fourth-order valence-electron chi connectivity index (χ4n) is 3.61. The average molecular weight is 405 g/mol. The fraction of sp³-hybridized carbons (Fsp3) is 0.455. The van der Waals surface area contributed by atoms with Gasteiger partial charge in [0.2, 0.25) is 0 Å². The predicted octanol–water partition coefficient (Wildman–Crippen LogP) is 4.42. The Kier molecular flexibility index (Phi) is 6.73. The third kappa shape index (κ3) is 5.11. The molecule has 0 radical (unpaired) electrons. The van der Waals surface area contributed by atoms with Crippen molar-refractivity contribution in [2.75, 3.05) is 17.9 Å². The lowest BCUT2D eigenvalue weighted by molar-refractivity contribution is 0.415. The Labute approximate surface area is 167 Å². The number of anilines is 1. The van der Waals surface area contributed by atoms with Gasteiger partial charge < -0.3 is 5.32 Å². The van der Waals surface area contributed by atoms with E-state index >= 15 is 0 Å². The molecule has 0 aromatic heterocycles. The van der Waals surface area contributed by atoms with Gasteiger partial charge in [-0.2, -0.15) is 0 Å². The Hall–Kier alpha value is -1.92.